The number of Topliss-reactive ketones (excluding diaryl/α,β-unsaturated/α-hetero) is 1. The highest BCUT2D eigenvalue weighted by molar-refractivity contribution is 5.82. The molecule has 1 aromatic rings. The molecule has 0 spiro atoms. The van der Waals surface area contributed by atoms with Gasteiger partial charge in [-0.25, -0.2) is 0 Å². The third-order valence-electron chi connectivity index (χ3n) is 2.94. The SMILES string of the molecule is O=C(Cc1ccc(O)cc1)CN1CCCC1. The molecule has 0 saturated carbocycles. The van der Waals surface area contributed by atoms with Gasteiger partial charge in [-0.05, 0) is 43.6 Å². The molecular weight excluding hydrogens is 202 g/mol. The summed E-state index contributed by atoms with van der Waals surface area (Å²) in [4.78, 5) is 14.0. The maximum absolute atomic E-state index is 11.7. The van der Waals surface area contributed by atoms with Crippen LogP contribution in [0.15, 0.2) is 24.3 Å². The molecule has 0 amide bonds. The predicted octanol–water partition coefficient (Wildman–Crippen LogP) is 1.60. The summed E-state index contributed by atoms with van der Waals surface area (Å²) < 4.78 is 0. The third-order valence-corrected chi connectivity index (χ3v) is 2.94. The summed E-state index contributed by atoms with van der Waals surface area (Å²) in [6.07, 6.45) is 2.90. The topological polar surface area (TPSA) is 40.5 Å². The lowest BCUT2D eigenvalue weighted by Gasteiger charge is -2.13. The van der Waals surface area contributed by atoms with Gasteiger partial charge in [-0.15, -0.1) is 0 Å². The van der Waals surface area contributed by atoms with E-state index in [1.165, 1.54) is 12.8 Å². The summed E-state index contributed by atoms with van der Waals surface area (Å²) in [5.74, 6) is 0.503. The highest BCUT2D eigenvalue weighted by atomic mass is 16.3. The highest BCUT2D eigenvalue weighted by Crippen LogP contribution is 2.11. The first-order valence-electron chi connectivity index (χ1n) is 5.76. The Morgan fingerprint density at radius 2 is 1.81 bits per heavy atom. The van der Waals surface area contributed by atoms with Gasteiger partial charge in [0.15, 0.2) is 5.78 Å². The van der Waals surface area contributed by atoms with Crippen molar-refractivity contribution in [1.82, 2.24) is 4.90 Å². The van der Waals surface area contributed by atoms with Crippen molar-refractivity contribution in [3.05, 3.63) is 29.8 Å². The average molecular weight is 219 g/mol. The summed E-state index contributed by atoms with van der Waals surface area (Å²) in [6.45, 7) is 2.68. The maximum atomic E-state index is 11.7. The van der Waals surface area contributed by atoms with E-state index in [1.54, 1.807) is 24.3 Å². The molecule has 0 radical (unpaired) electrons. The lowest BCUT2D eigenvalue weighted by molar-refractivity contribution is -0.119. The van der Waals surface area contributed by atoms with Crippen LogP contribution in [0.3, 0.4) is 0 Å². The number of nitrogens with zero attached hydrogens (tertiary/aromatic N) is 1. The van der Waals surface area contributed by atoms with Crippen LogP contribution in [0.2, 0.25) is 0 Å². The largest absolute Gasteiger partial charge is 0.508 e. The number of phenols is 1. The van der Waals surface area contributed by atoms with Crippen molar-refractivity contribution in [2.75, 3.05) is 19.6 Å². The molecule has 2 rings (SSSR count). The van der Waals surface area contributed by atoms with Gasteiger partial charge in [0.05, 0.1) is 6.54 Å². The molecule has 0 aliphatic carbocycles. The van der Waals surface area contributed by atoms with E-state index in [0.29, 0.717) is 13.0 Å². The van der Waals surface area contributed by atoms with Crippen molar-refractivity contribution in [3.63, 3.8) is 0 Å². The minimum atomic E-state index is 0.246. The Morgan fingerprint density at radius 3 is 2.44 bits per heavy atom. The van der Waals surface area contributed by atoms with Gasteiger partial charge in [-0.1, -0.05) is 12.1 Å². The van der Waals surface area contributed by atoms with Crippen molar-refractivity contribution < 1.29 is 9.90 Å². The van der Waals surface area contributed by atoms with Crippen LogP contribution in [0.4, 0.5) is 0 Å². The smallest absolute Gasteiger partial charge is 0.151 e. The Bertz CT molecular complexity index is 353. The minimum Gasteiger partial charge on any atom is -0.508 e. The van der Waals surface area contributed by atoms with E-state index in [9.17, 15) is 4.79 Å². The molecule has 1 aromatic carbocycles. The summed E-state index contributed by atoms with van der Waals surface area (Å²) in [5, 5.41) is 9.13. The summed E-state index contributed by atoms with van der Waals surface area (Å²) in [5.41, 5.74) is 0.974. The van der Waals surface area contributed by atoms with Gasteiger partial charge in [0.1, 0.15) is 5.75 Å². The molecule has 0 unspecified atom stereocenters. The molecule has 0 aromatic heterocycles. The standard InChI is InChI=1S/C13H17NO2/c15-12-5-3-11(4-6-12)9-13(16)10-14-7-1-2-8-14/h3-6,15H,1-2,7-10H2. The van der Waals surface area contributed by atoms with Gasteiger partial charge in [-0.2, -0.15) is 0 Å². The number of likely N-dealkylation sites (tertiary alicyclic amines) is 1. The molecule has 1 aliphatic rings. The zero-order valence-corrected chi connectivity index (χ0v) is 9.35. The normalized spacial score (nSPS) is 16.5. The molecule has 3 nitrogen and oxygen atoms in total. The molecule has 86 valence electrons. The number of ketones is 1. The highest BCUT2D eigenvalue weighted by Gasteiger charge is 2.15. The zero-order chi connectivity index (χ0) is 11.4. The molecule has 3 heteroatoms. The lowest BCUT2D eigenvalue weighted by Crippen LogP contribution is -2.27. The Morgan fingerprint density at radius 1 is 1.19 bits per heavy atom. The van der Waals surface area contributed by atoms with Crippen LogP contribution in [-0.4, -0.2) is 35.4 Å². The number of carbonyl (C=O) groups is 1. The van der Waals surface area contributed by atoms with Crippen molar-refractivity contribution in [2.24, 2.45) is 0 Å². The van der Waals surface area contributed by atoms with Crippen molar-refractivity contribution in [3.8, 4) is 5.75 Å². The van der Waals surface area contributed by atoms with Crippen LogP contribution < -0.4 is 0 Å². The van der Waals surface area contributed by atoms with Crippen LogP contribution in [-0.2, 0) is 11.2 Å². The quantitative estimate of drug-likeness (QED) is 0.836. The van der Waals surface area contributed by atoms with Crippen molar-refractivity contribution >= 4 is 5.78 Å². The molecule has 1 N–H and O–H groups in total. The van der Waals surface area contributed by atoms with Gasteiger partial charge in [0.25, 0.3) is 0 Å². The maximum Gasteiger partial charge on any atom is 0.151 e. The second-order valence-corrected chi connectivity index (χ2v) is 4.37. The van der Waals surface area contributed by atoms with Gasteiger partial charge in [0.2, 0.25) is 0 Å². The van der Waals surface area contributed by atoms with Crippen molar-refractivity contribution in [1.29, 1.82) is 0 Å². The van der Waals surface area contributed by atoms with Crippen molar-refractivity contribution in [2.45, 2.75) is 19.3 Å². The van der Waals surface area contributed by atoms with E-state index >= 15 is 0 Å². The Labute approximate surface area is 95.7 Å². The molecule has 1 saturated heterocycles. The number of hydrogen-bond acceptors (Lipinski definition) is 3. The van der Waals surface area contributed by atoms with Crippen LogP contribution in [0.5, 0.6) is 5.75 Å². The summed E-state index contributed by atoms with van der Waals surface area (Å²) in [7, 11) is 0. The second-order valence-electron chi connectivity index (χ2n) is 4.37. The summed E-state index contributed by atoms with van der Waals surface area (Å²) in [6, 6.07) is 6.85. The molecule has 16 heavy (non-hydrogen) atoms. The van der Waals surface area contributed by atoms with Gasteiger partial charge in [-0.3, -0.25) is 9.69 Å². The molecule has 0 atom stereocenters. The molecule has 0 bridgehead atoms. The van der Waals surface area contributed by atoms with E-state index < -0.39 is 0 Å². The fourth-order valence-electron chi connectivity index (χ4n) is 2.09. The van der Waals surface area contributed by atoms with E-state index in [-0.39, 0.29) is 11.5 Å². The number of carbonyl (C=O) groups excluding carboxylic acids is 1. The first-order valence-corrected chi connectivity index (χ1v) is 5.76. The monoisotopic (exact) mass is 219 g/mol. The van der Waals surface area contributed by atoms with E-state index in [1.807, 2.05) is 0 Å². The average Bonchev–Trinajstić information content (AvgIpc) is 2.74. The lowest BCUT2D eigenvalue weighted by atomic mass is 10.1. The second kappa shape index (κ2) is 5.12. The third kappa shape index (κ3) is 3.07. The van der Waals surface area contributed by atoms with E-state index in [2.05, 4.69) is 4.90 Å². The number of hydrogen-bond donors (Lipinski definition) is 1. The fourth-order valence-corrected chi connectivity index (χ4v) is 2.09. The zero-order valence-electron chi connectivity index (χ0n) is 9.35. The van der Waals surface area contributed by atoms with Gasteiger partial charge >= 0.3 is 0 Å². The molecular formula is C13H17NO2. The minimum absolute atomic E-state index is 0.246. The first-order chi connectivity index (χ1) is 7.74. The van der Waals surface area contributed by atoms with E-state index in [0.717, 1.165) is 18.7 Å². The Hall–Kier alpha value is -1.35. The molecule has 1 heterocycles. The van der Waals surface area contributed by atoms with Crippen LogP contribution in [0.1, 0.15) is 18.4 Å². The number of benzene rings is 1. The Kier molecular flexibility index (Phi) is 3.57. The molecule has 1 aliphatic heterocycles. The van der Waals surface area contributed by atoms with Gasteiger partial charge < -0.3 is 5.11 Å². The van der Waals surface area contributed by atoms with Gasteiger partial charge in [0, 0.05) is 6.42 Å². The molecule has 1 fully saturated rings. The van der Waals surface area contributed by atoms with Crippen LogP contribution in [0.25, 0.3) is 0 Å². The van der Waals surface area contributed by atoms with Crippen LogP contribution in [0, 0.1) is 0 Å². The first kappa shape index (κ1) is 11.1. The van der Waals surface area contributed by atoms with Crippen LogP contribution >= 0.6 is 0 Å². The number of phenolic OH excluding ortho intramolecular Hbond substituents is 1. The Balaban J connectivity index is 1.84. The predicted molar refractivity (Wildman–Crippen MR) is 62.5 cm³/mol. The number of aromatic hydroxyl groups is 1. The number of rotatable bonds is 4. The van der Waals surface area contributed by atoms with E-state index in [4.69, 9.17) is 5.11 Å². The fraction of sp³-hybridized carbons (Fsp3) is 0.462. The summed E-state index contributed by atoms with van der Waals surface area (Å²) >= 11 is 0.